The zero-order chi connectivity index (χ0) is 28.2. The molecule has 0 aliphatic carbocycles. The first-order chi connectivity index (χ1) is 19.2. The van der Waals surface area contributed by atoms with Crippen molar-refractivity contribution in [2.24, 2.45) is 5.92 Å². The summed E-state index contributed by atoms with van der Waals surface area (Å²) in [5.41, 5.74) is 2.31. The fourth-order valence-corrected chi connectivity index (χ4v) is 5.77. The smallest absolute Gasteiger partial charge is 0.303 e. The number of likely N-dealkylation sites (N-methyl/N-ethyl adjacent to an activating group) is 1. The highest BCUT2D eigenvalue weighted by atomic mass is 35.5. The Bertz CT molecular complexity index is 1340. The van der Waals surface area contributed by atoms with Gasteiger partial charge in [-0.05, 0) is 68.7 Å². The molecule has 0 amide bonds. The fourth-order valence-electron chi connectivity index (χ4n) is 5.25. The summed E-state index contributed by atoms with van der Waals surface area (Å²) in [5.74, 6) is -0.110. The number of aliphatic carboxylic acids is 1. The molecule has 5 rings (SSSR count). The average molecular weight is 589 g/mol. The zero-order valence-electron chi connectivity index (χ0n) is 22.3. The molecule has 2 aromatic heterocycles. The second-order valence-electron chi connectivity index (χ2n) is 10.5. The second kappa shape index (κ2) is 12.7. The van der Waals surface area contributed by atoms with Crippen molar-refractivity contribution in [3.63, 3.8) is 0 Å². The predicted octanol–water partition coefficient (Wildman–Crippen LogP) is 5.82. The molecule has 4 heterocycles. The van der Waals surface area contributed by atoms with Gasteiger partial charge in [0.05, 0.1) is 11.9 Å². The van der Waals surface area contributed by atoms with E-state index in [-0.39, 0.29) is 18.1 Å². The van der Waals surface area contributed by atoms with Crippen molar-refractivity contribution in [3.8, 4) is 22.9 Å². The molecule has 11 heteroatoms. The van der Waals surface area contributed by atoms with Crippen LogP contribution < -0.4 is 9.64 Å². The van der Waals surface area contributed by atoms with E-state index < -0.39 is 11.8 Å². The van der Waals surface area contributed by atoms with E-state index >= 15 is 4.39 Å². The van der Waals surface area contributed by atoms with E-state index in [1.165, 1.54) is 12.3 Å². The van der Waals surface area contributed by atoms with Gasteiger partial charge in [-0.3, -0.25) is 9.69 Å². The summed E-state index contributed by atoms with van der Waals surface area (Å²) >= 11 is 12.5. The number of piperazine rings is 1. The summed E-state index contributed by atoms with van der Waals surface area (Å²) in [6.07, 6.45) is 3.40. The Hall–Kier alpha value is -2.98. The van der Waals surface area contributed by atoms with Crippen LogP contribution in [0.1, 0.15) is 24.8 Å². The zero-order valence-corrected chi connectivity index (χ0v) is 23.8. The maximum atomic E-state index is 15.1. The molecule has 0 saturated carbocycles. The van der Waals surface area contributed by atoms with Crippen LogP contribution in [0.5, 0.6) is 11.6 Å². The number of piperidine rings is 1. The minimum atomic E-state index is -0.748. The van der Waals surface area contributed by atoms with E-state index in [4.69, 9.17) is 33.0 Å². The van der Waals surface area contributed by atoms with Crippen LogP contribution >= 0.6 is 23.2 Å². The maximum Gasteiger partial charge on any atom is 0.303 e. The summed E-state index contributed by atoms with van der Waals surface area (Å²) in [6.45, 7) is 5.37. The van der Waals surface area contributed by atoms with E-state index in [0.717, 1.165) is 50.1 Å². The first kappa shape index (κ1) is 28.5. The molecule has 3 aromatic rings. The van der Waals surface area contributed by atoms with Crippen molar-refractivity contribution in [1.29, 1.82) is 0 Å². The number of halogens is 3. The predicted molar refractivity (Wildman–Crippen MR) is 154 cm³/mol. The molecule has 2 aliphatic heterocycles. The number of carboxylic acids is 1. The summed E-state index contributed by atoms with van der Waals surface area (Å²) in [5, 5.41) is 10.1. The molecule has 8 nitrogen and oxygen atoms in total. The number of carboxylic acid groups (broad SMARTS) is 1. The summed E-state index contributed by atoms with van der Waals surface area (Å²) < 4.78 is 21.1. The van der Waals surface area contributed by atoms with E-state index in [9.17, 15) is 4.79 Å². The number of ether oxygens (including phenoxy) is 1. The van der Waals surface area contributed by atoms with Gasteiger partial charge in [0.1, 0.15) is 0 Å². The van der Waals surface area contributed by atoms with Crippen LogP contribution in [0, 0.1) is 11.7 Å². The monoisotopic (exact) mass is 587 g/mol. The lowest BCUT2D eigenvalue weighted by Gasteiger charge is -2.33. The number of rotatable bonds is 8. The number of carbonyl (C=O) groups is 1. The number of likely N-dealkylation sites (tertiary alicyclic amines) is 1. The minimum Gasteiger partial charge on any atom is -0.481 e. The standard InChI is InChI=1S/C29H32Cl2FN5O3/c1-35-6-8-37(9-7-35)29-25(32)16-24(17-33-29)40-27-11-20(18-36-4-2-19(3-5-36)12-28(38)39)10-26(34-27)21-13-22(30)15-23(31)14-21/h10-11,13-17,19H,2-9,12,18H2,1H3,(H,38,39). The number of hydrogen-bond donors (Lipinski definition) is 1. The lowest BCUT2D eigenvalue weighted by Crippen LogP contribution is -2.45. The summed E-state index contributed by atoms with van der Waals surface area (Å²) in [7, 11) is 2.05. The highest BCUT2D eigenvalue weighted by molar-refractivity contribution is 6.35. The van der Waals surface area contributed by atoms with Gasteiger partial charge in [0, 0.05) is 66.9 Å². The lowest BCUT2D eigenvalue weighted by molar-refractivity contribution is -0.138. The minimum absolute atomic E-state index is 0.200. The molecular formula is C29H32Cl2FN5O3. The second-order valence-corrected chi connectivity index (χ2v) is 11.4. The summed E-state index contributed by atoms with van der Waals surface area (Å²) in [6, 6.07) is 10.4. The SMILES string of the molecule is CN1CCN(c2ncc(Oc3cc(CN4CCC(CC(=O)O)CC4)cc(-c4cc(Cl)cc(Cl)c4)n3)cc2F)CC1. The molecule has 2 saturated heterocycles. The number of benzene rings is 1. The Morgan fingerprint density at radius 2 is 1.73 bits per heavy atom. The average Bonchev–Trinajstić information content (AvgIpc) is 2.90. The molecule has 2 aliphatic rings. The van der Waals surface area contributed by atoms with Crippen molar-refractivity contribution in [3.05, 3.63) is 64.0 Å². The normalized spacial score (nSPS) is 17.2. The van der Waals surface area contributed by atoms with Crippen LogP contribution in [0.4, 0.5) is 10.2 Å². The Kier molecular flexibility index (Phi) is 9.05. The number of pyridine rings is 2. The highest BCUT2D eigenvalue weighted by Gasteiger charge is 2.23. The quantitative estimate of drug-likeness (QED) is 0.353. The molecule has 1 aromatic carbocycles. The van der Waals surface area contributed by atoms with Crippen molar-refractivity contribution in [2.75, 3.05) is 51.2 Å². The van der Waals surface area contributed by atoms with Gasteiger partial charge in [0.15, 0.2) is 17.4 Å². The van der Waals surface area contributed by atoms with Crippen molar-refractivity contribution in [1.82, 2.24) is 19.8 Å². The molecule has 0 unspecified atom stereocenters. The van der Waals surface area contributed by atoms with Crippen LogP contribution in [-0.4, -0.2) is 77.2 Å². The Morgan fingerprint density at radius 3 is 2.38 bits per heavy atom. The number of anilines is 1. The van der Waals surface area contributed by atoms with Gasteiger partial charge in [-0.2, -0.15) is 0 Å². The Morgan fingerprint density at radius 1 is 1.02 bits per heavy atom. The summed E-state index contributed by atoms with van der Waals surface area (Å²) in [4.78, 5) is 26.6. The third-order valence-corrected chi connectivity index (χ3v) is 7.85. The number of hydrogen-bond acceptors (Lipinski definition) is 7. The molecule has 0 radical (unpaired) electrons. The molecule has 0 bridgehead atoms. The van der Waals surface area contributed by atoms with Crippen LogP contribution in [0.3, 0.4) is 0 Å². The number of nitrogens with zero attached hydrogens (tertiary/aromatic N) is 5. The van der Waals surface area contributed by atoms with Crippen molar-refractivity contribution in [2.45, 2.75) is 25.8 Å². The van der Waals surface area contributed by atoms with Crippen molar-refractivity contribution >= 4 is 35.0 Å². The molecule has 2 fully saturated rings. The van der Waals surface area contributed by atoms with Crippen LogP contribution in [-0.2, 0) is 11.3 Å². The molecule has 0 spiro atoms. The van der Waals surface area contributed by atoms with Gasteiger partial charge >= 0.3 is 5.97 Å². The highest BCUT2D eigenvalue weighted by Crippen LogP contribution is 2.32. The van der Waals surface area contributed by atoms with Gasteiger partial charge in [0.2, 0.25) is 5.88 Å². The topological polar surface area (TPSA) is 82.0 Å². The first-order valence-corrected chi connectivity index (χ1v) is 14.2. The first-order valence-electron chi connectivity index (χ1n) is 13.4. The van der Waals surface area contributed by atoms with E-state index in [2.05, 4.69) is 19.8 Å². The fraction of sp³-hybridized carbons (Fsp3) is 0.414. The van der Waals surface area contributed by atoms with Gasteiger partial charge in [0.25, 0.3) is 0 Å². The number of aromatic nitrogens is 2. The molecule has 212 valence electrons. The Labute approximate surface area is 243 Å². The van der Waals surface area contributed by atoms with Gasteiger partial charge < -0.3 is 19.6 Å². The van der Waals surface area contributed by atoms with Gasteiger partial charge in [-0.25, -0.2) is 14.4 Å². The third kappa shape index (κ3) is 7.40. The van der Waals surface area contributed by atoms with Gasteiger partial charge in [-0.1, -0.05) is 23.2 Å². The maximum absolute atomic E-state index is 15.1. The van der Waals surface area contributed by atoms with Crippen LogP contribution in [0.15, 0.2) is 42.6 Å². The van der Waals surface area contributed by atoms with Crippen LogP contribution in [0.2, 0.25) is 10.0 Å². The Balaban J connectivity index is 1.37. The van der Waals surface area contributed by atoms with E-state index in [0.29, 0.717) is 47.1 Å². The lowest BCUT2D eigenvalue weighted by atomic mass is 9.93. The largest absolute Gasteiger partial charge is 0.481 e. The van der Waals surface area contributed by atoms with Gasteiger partial charge in [-0.15, -0.1) is 0 Å². The van der Waals surface area contributed by atoms with E-state index in [1.54, 1.807) is 18.2 Å². The molecular weight excluding hydrogens is 556 g/mol. The van der Waals surface area contributed by atoms with Crippen molar-refractivity contribution < 1.29 is 19.0 Å². The van der Waals surface area contributed by atoms with Crippen LogP contribution in [0.25, 0.3) is 11.3 Å². The molecule has 0 atom stereocenters. The van der Waals surface area contributed by atoms with E-state index in [1.807, 2.05) is 24.1 Å². The molecule has 1 N–H and O–H groups in total. The third-order valence-electron chi connectivity index (χ3n) is 7.42. The molecule has 40 heavy (non-hydrogen) atoms.